The van der Waals surface area contributed by atoms with Crippen LogP contribution in [-0.4, -0.2) is 17.7 Å². The number of hydrogen-bond acceptors (Lipinski definition) is 2. The molecule has 0 rings (SSSR count). The lowest BCUT2D eigenvalue weighted by molar-refractivity contribution is 0.252. The maximum atomic E-state index is 11.8. The van der Waals surface area contributed by atoms with E-state index in [1.807, 2.05) is 0 Å². The highest BCUT2D eigenvalue weighted by atomic mass is 31.2. The van der Waals surface area contributed by atoms with Gasteiger partial charge in [0.1, 0.15) is 0 Å². The normalized spacial score (nSPS) is 14.1. The Labute approximate surface area is 138 Å². The van der Waals surface area contributed by atoms with Crippen LogP contribution in [0.15, 0.2) is 0 Å². The molecule has 0 saturated heterocycles. The Balaban J connectivity index is 3.32. The first-order valence-corrected chi connectivity index (χ1v) is 11.3. The van der Waals surface area contributed by atoms with E-state index in [1.54, 1.807) is 0 Å². The van der Waals surface area contributed by atoms with E-state index < -0.39 is 7.60 Å². The predicted molar refractivity (Wildman–Crippen MR) is 96.6 cm³/mol. The van der Waals surface area contributed by atoms with Crippen LogP contribution in [0, 0.1) is 0 Å². The van der Waals surface area contributed by atoms with E-state index in [4.69, 9.17) is 4.52 Å². The average Bonchev–Trinajstić information content (AvgIpc) is 2.49. The number of unbranched alkanes of at least 4 members (excludes halogenated alkanes) is 12. The van der Waals surface area contributed by atoms with Crippen molar-refractivity contribution >= 4 is 7.60 Å². The first-order chi connectivity index (χ1) is 10.6. The van der Waals surface area contributed by atoms with Gasteiger partial charge in [-0.3, -0.25) is 4.57 Å². The van der Waals surface area contributed by atoms with Crippen molar-refractivity contribution in [3.8, 4) is 0 Å². The SMILES string of the molecule is CCCCCCCCCCCCP(=O)(O)OCCCCCC. The van der Waals surface area contributed by atoms with Crippen molar-refractivity contribution in [2.24, 2.45) is 0 Å². The second kappa shape index (κ2) is 16.0. The summed E-state index contributed by atoms with van der Waals surface area (Å²) < 4.78 is 17.0. The minimum atomic E-state index is -3.32. The summed E-state index contributed by atoms with van der Waals surface area (Å²) in [6.07, 6.45) is 17.1. The summed E-state index contributed by atoms with van der Waals surface area (Å²) in [5.41, 5.74) is 0. The van der Waals surface area contributed by atoms with Crippen LogP contribution in [-0.2, 0) is 9.09 Å². The fraction of sp³-hybridized carbons (Fsp3) is 1.00. The molecule has 0 aromatic carbocycles. The zero-order valence-corrected chi connectivity index (χ0v) is 15.9. The average molecular weight is 334 g/mol. The maximum absolute atomic E-state index is 11.8. The highest BCUT2D eigenvalue weighted by Gasteiger charge is 2.17. The van der Waals surface area contributed by atoms with Gasteiger partial charge in [-0.2, -0.15) is 0 Å². The summed E-state index contributed by atoms with van der Waals surface area (Å²) in [5.74, 6) is 0. The molecule has 1 N–H and O–H groups in total. The summed E-state index contributed by atoms with van der Waals surface area (Å²) in [6.45, 7) is 4.84. The van der Waals surface area contributed by atoms with Gasteiger partial charge in [0.25, 0.3) is 0 Å². The van der Waals surface area contributed by atoms with Gasteiger partial charge in [0.15, 0.2) is 0 Å². The fourth-order valence-electron chi connectivity index (χ4n) is 2.60. The van der Waals surface area contributed by atoms with E-state index in [9.17, 15) is 9.46 Å². The monoisotopic (exact) mass is 334 g/mol. The van der Waals surface area contributed by atoms with Crippen molar-refractivity contribution in [1.82, 2.24) is 0 Å². The Morgan fingerprint density at radius 3 is 1.59 bits per heavy atom. The molecule has 22 heavy (non-hydrogen) atoms. The van der Waals surface area contributed by atoms with Crippen LogP contribution in [0.5, 0.6) is 0 Å². The molecule has 0 aliphatic carbocycles. The molecule has 0 amide bonds. The van der Waals surface area contributed by atoms with Crippen LogP contribution < -0.4 is 0 Å². The Kier molecular flexibility index (Phi) is 16.1. The number of hydrogen-bond donors (Lipinski definition) is 1. The predicted octanol–water partition coefficient (Wildman–Crippen LogP) is 6.69. The molecular formula is C18H39O3P. The van der Waals surface area contributed by atoms with E-state index in [0.717, 1.165) is 25.7 Å². The lowest BCUT2D eigenvalue weighted by Crippen LogP contribution is -1.97. The van der Waals surface area contributed by atoms with Gasteiger partial charge in [0.05, 0.1) is 6.61 Å². The summed E-state index contributed by atoms with van der Waals surface area (Å²) >= 11 is 0. The van der Waals surface area contributed by atoms with Crippen LogP contribution in [0.2, 0.25) is 0 Å². The molecule has 0 spiro atoms. The van der Waals surface area contributed by atoms with Gasteiger partial charge in [-0.1, -0.05) is 90.9 Å². The largest absolute Gasteiger partial charge is 0.328 e. The van der Waals surface area contributed by atoms with Gasteiger partial charge < -0.3 is 9.42 Å². The lowest BCUT2D eigenvalue weighted by atomic mass is 10.1. The molecule has 0 radical (unpaired) electrons. The van der Waals surface area contributed by atoms with Crippen molar-refractivity contribution in [1.29, 1.82) is 0 Å². The quantitative estimate of drug-likeness (QED) is 0.238. The highest BCUT2D eigenvalue weighted by Crippen LogP contribution is 2.43. The zero-order valence-electron chi connectivity index (χ0n) is 15.0. The summed E-state index contributed by atoms with van der Waals surface area (Å²) in [4.78, 5) is 9.73. The van der Waals surface area contributed by atoms with Crippen molar-refractivity contribution in [3.05, 3.63) is 0 Å². The van der Waals surface area contributed by atoms with Crippen molar-refractivity contribution in [3.63, 3.8) is 0 Å². The van der Waals surface area contributed by atoms with Gasteiger partial charge >= 0.3 is 7.60 Å². The molecule has 134 valence electrons. The van der Waals surface area contributed by atoms with Crippen molar-refractivity contribution < 1.29 is 14.0 Å². The Morgan fingerprint density at radius 2 is 1.09 bits per heavy atom. The third-order valence-electron chi connectivity index (χ3n) is 4.09. The first kappa shape index (κ1) is 22.1. The van der Waals surface area contributed by atoms with Crippen LogP contribution in [0.3, 0.4) is 0 Å². The van der Waals surface area contributed by atoms with Gasteiger partial charge in [-0.05, 0) is 12.8 Å². The molecular weight excluding hydrogens is 295 g/mol. The number of rotatable bonds is 17. The molecule has 0 saturated carbocycles. The van der Waals surface area contributed by atoms with E-state index in [0.29, 0.717) is 12.8 Å². The van der Waals surface area contributed by atoms with Crippen LogP contribution in [0.1, 0.15) is 104 Å². The van der Waals surface area contributed by atoms with E-state index >= 15 is 0 Å². The van der Waals surface area contributed by atoms with Gasteiger partial charge in [0.2, 0.25) is 0 Å². The third kappa shape index (κ3) is 16.5. The molecule has 0 aromatic rings. The summed E-state index contributed by atoms with van der Waals surface area (Å²) in [6, 6.07) is 0. The van der Waals surface area contributed by atoms with E-state index in [-0.39, 0.29) is 0 Å². The molecule has 1 atom stereocenters. The first-order valence-electron chi connectivity index (χ1n) is 9.58. The smallest absolute Gasteiger partial charge is 0.324 e. The standard InChI is InChI=1S/C18H39O3P/c1-3-5-7-9-10-11-12-13-14-16-18-22(19,20)21-17-15-8-6-4-2/h3-18H2,1-2H3,(H,19,20). The molecule has 0 aromatic heterocycles. The van der Waals surface area contributed by atoms with Crippen molar-refractivity contribution in [2.45, 2.75) is 104 Å². The molecule has 0 heterocycles. The topological polar surface area (TPSA) is 46.5 Å². The van der Waals surface area contributed by atoms with Crippen LogP contribution in [0.4, 0.5) is 0 Å². The molecule has 4 heteroatoms. The third-order valence-corrected chi connectivity index (χ3v) is 5.55. The summed E-state index contributed by atoms with van der Waals surface area (Å²) in [5, 5.41) is 0. The van der Waals surface area contributed by atoms with Crippen LogP contribution >= 0.6 is 7.60 Å². The van der Waals surface area contributed by atoms with Gasteiger partial charge in [0, 0.05) is 6.16 Å². The molecule has 0 bridgehead atoms. The molecule has 3 nitrogen and oxygen atoms in total. The fourth-order valence-corrected chi connectivity index (χ4v) is 3.77. The molecule has 0 aliphatic heterocycles. The Bertz CT molecular complexity index is 269. The van der Waals surface area contributed by atoms with Crippen LogP contribution in [0.25, 0.3) is 0 Å². The highest BCUT2D eigenvalue weighted by molar-refractivity contribution is 7.52. The molecule has 1 unspecified atom stereocenters. The summed E-state index contributed by atoms with van der Waals surface area (Å²) in [7, 11) is -3.32. The van der Waals surface area contributed by atoms with E-state index in [1.165, 1.54) is 64.2 Å². The minimum Gasteiger partial charge on any atom is -0.324 e. The minimum absolute atomic E-state index is 0.331. The van der Waals surface area contributed by atoms with Gasteiger partial charge in [-0.15, -0.1) is 0 Å². The van der Waals surface area contributed by atoms with Gasteiger partial charge in [-0.25, -0.2) is 0 Å². The molecule has 0 fully saturated rings. The molecule has 0 aliphatic rings. The second-order valence-corrected chi connectivity index (χ2v) is 8.42. The maximum Gasteiger partial charge on any atom is 0.328 e. The Hall–Kier alpha value is 0.150. The Morgan fingerprint density at radius 1 is 0.682 bits per heavy atom. The lowest BCUT2D eigenvalue weighted by Gasteiger charge is -2.12. The van der Waals surface area contributed by atoms with Crippen molar-refractivity contribution in [2.75, 3.05) is 12.8 Å². The second-order valence-electron chi connectivity index (χ2n) is 6.44. The zero-order chi connectivity index (χ0) is 16.5. The van der Waals surface area contributed by atoms with E-state index in [2.05, 4.69) is 13.8 Å².